The molecule has 0 amide bonds. The average Bonchev–Trinajstić information content (AvgIpc) is 2.28. The van der Waals surface area contributed by atoms with E-state index >= 15 is 0 Å². The van der Waals surface area contributed by atoms with Crippen LogP contribution < -0.4 is 0 Å². The van der Waals surface area contributed by atoms with Gasteiger partial charge < -0.3 is 0 Å². The first kappa shape index (κ1) is 14.7. The van der Waals surface area contributed by atoms with Crippen LogP contribution in [0.25, 0.3) is 0 Å². The second-order valence-corrected chi connectivity index (χ2v) is 8.83. The summed E-state index contributed by atoms with van der Waals surface area (Å²) in [4.78, 5) is 12.1. The van der Waals surface area contributed by atoms with Crippen molar-refractivity contribution in [2.45, 2.75) is 17.5 Å². The van der Waals surface area contributed by atoms with Crippen molar-refractivity contribution in [1.29, 1.82) is 0 Å². The van der Waals surface area contributed by atoms with E-state index < -0.39 is 19.3 Å². The van der Waals surface area contributed by atoms with Crippen LogP contribution in [-0.4, -0.2) is 23.6 Å². The van der Waals surface area contributed by atoms with E-state index in [0.717, 1.165) is 0 Å². The Morgan fingerprint density at radius 1 is 1.35 bits per heavy atom. The van der Waals surface area contributed by atoms with Crippen molar-refractivity contribution in [1.82, 2.24) is 0 Å². The minimum Gasteiger partial charge on any atom is -0.291 e. The molecule has 1 unspecified atom stereocenters. The summed E-state index contributed by atoms with van der Waals surface area (Å²) < 4.78 is 22.0. The number of carbonyl (C=O) groups is 1. The van der Waals surface area contributed by atoms with Gasteiger partial charge in [-0.1, -0.05) is 34.5 Å². The predicted molar refractivity (Wildman–Crippen MR) is 72.6 cm³/mol. The van der Waals surface area contributed by atoms with Crippen LogP contribution in [0.3, 0.4) is 0 Å². The molecule has 0 aromatic heterocycles. The van der Waals surface area contributed by atoms with Crippen molar-refractivity contribution in [2.75, 3.05) is 5.75 Å². The lowest BCUT2D eigenvalue weighted by molar-refractivity contribution is 0.0983. The monoisotopic (exact) mass is 338 g/mol. The molecule has 1 atom stereocenters. The molecule has 6 heteroatoms. The molecule has 0 heterocycles. The Hall–Kier alpha value is -0.390. The van der Waals surface area contributed by atoms with Gasteiger partial charge in [-0.2, -0.15) is 0 Å². The van der Waals surface area contributed by atoms with E-state index in [1.165, 1.54) is 26.0 Å². The molecule has 0 saturated carbocycles. The van der Waals surface area contributed by atoms with Crippen LogP contribution >= 0.6 is 27.5 Å². The number of alkyl halides is 1. The molecule has 3 nitrogen and oxygen atoms in total. The van der Waals surface area contributed by atoms with Crippen LogP contribution in [0.5, 0.6) is 0 Å². The molecular formula is C11H12BrClO3S. The van der Waals surface area contributed by atoms with Crippen molar-refractivity contribution in [3.05, 3.63) is 34.9 Å². The number of hydrogen-bond donors (Lipinski definition) is 0. The summed E-state index contributed by atoms with van der Waals surface area (Å²) in [6.07, 6.45) is 0. The van der Waals surface area contributed by atoms with Gasteiger partial charge in [-0.15, -0.1) is 0 Å². The van der Waals surface area contributed by atoms with E-state index in [1.54, 1.807) is 12.1 Å². The Balaban J connectivity index is 3.18. The molecule has 0 aliphatic heterocycles. The Kier molecular flexibility index (Phi) is 4.38. The van der Waals surface area contributed by atoms with E-state index in [9.17, 15) is 13.2 Å². The quantitative estimate of drug-likeness (QED) is 0.626. The first-order chi connectivity index (χ1) is 7.72. The maximum atomic E-state index is 12.1. The molecule has 0 aliphatic carbocycles. The minimum absolute atomic E-state index is 0.103. The van der Waals surface area contributed by atoms with Gasteiger partial charge >= 0.3 is 0 Å². The van der Waals surface area contributed by atoms with Crippen molar-refractivity contribution >= 4 is 43.2 Å². The van der Waals surface area contributed by atoms with Gasteiger partial charge in [0.25, 0.3) is 0 Å². The van der Waals surface area contributed by atoms with E-state index in [-0.39, 0.29) is 5.75 Å². The highest BCUT2D eigenvalue weighted by Crippen LogP contribution is 2.30. The first-order valence-corrected chi connectivity index (χ1v) is 7.76. The lowest BCUT2D eigenvalue weighted by Crippen LogP contribution is -2.38. The van der Waals surface area contributed by atoms with Crippen LogP contribution in [0, 0.1) is 0 Å². The summed E-state index contributed by atoms with van der Waals surface area (Å²) in [5, 5.41) is 0.496. The van der Waals surface area contributed by atoms with E-state index in [2.05, 4.69) is 15.9 Å². The summed E-state index contributed by atoms with van der Waals surface area (Å²) in [6.45, 7) is 2.85. The predicted octanol–water partition coefficient (Wildman–Crippen LogP) is 3.07. The Bertz CT molecular complexity index is 520. The smallest absolute Gasteiger partial charge is 0.194 e. The maximum absolute atomic E-state index is 12.1. The normalized spacial score (nSPS) is 15.3. The Morgan fingerprint density at radius 2 is 1.82 bits per heavy atom. The highest BCUT2D eigenvalue weighted by Gasteiger charge is 2.42. The van der Waals surface area contributed by atoms with E-state index in [1.807, 2.05) is 0 Å². The third-order valence-electron chi connectivity index (χ3n) is 2.48. The van der Waals surface area contributed by atoms with Gasteiger partial charge in [0, 0.05) is 16.3 Å². The number of Topliss-reactive ketones (excluding diaryl/α,β-unsaturated/α-hetero) is 1. The van der Waals surface area contributed by atoms with Crippen LogP contribution in [0.1, 0.15) is 24.2 Å². The highest BCUT2D eigenvalue weighted by atomic mass is 79.9. The van der Waals surface area contributed by atoms with Gasteiger partial charge in [0.15, 0.2) is 19.3 Å². The molecule has 1 aromatic carbocycles. The molecule has 94 valence electrons. The Morgan fingerprint density at radius 3 is 2.24 bits per heavy atom. The summed E-state index contributed by atoms with van der Waals surface area (Å²) in [5.74, 6) is -0.593. The fourth-order valence-corrected chi connectivity index (χ4v) is 3.26. The van der Waals surface area contributed by atoms with Gasteiger partial charge in [-0.25, -0.2) is 8.42 Å². The van der Waals surface area contributed by atoms with Crippen molar-refractivity contribution in [3.63, 3.8) is 0 Å². The van der Waals surface area contributed by atoms with Gasteiger partial charge in [0.2, 0.25) is 0 Å². The number of benzene rings is 1. The number of sulfone groups is 1. The molecule has 1 aromatic rings. The molecule has 1 rings (SSSR count). The van der Waals surface area contributed by atoms with Crippen LogP contribution in [0.15, 0.2) is 24.3 Å². The minimum atomic E-state index is -3.52. The zero-order chi connectivity index (χ0) is 13.3. The summed E-state index contributed by atoms with van der Waals surface area (Å²) in [6, 6.07) is 6.12. The number of hydrogen-bond acceptors (Lipinski definition) is 3. The lowest BCUT2D eigenvalue weighted by Gasteiger charge is -2.20. The summed E-state index contributed by atoms with van der Waals surface area (Å²) in [5.41, 5.74) is 0.311. The molecule has 0 saturated heterocycles. The van der Waals surface area contributed by atoms with Crippen molar-refractivity contribution < 1.29 is 13.2 Å². The zero-order valence-corrected chi connectivity index (χ0v) is 12.6. The number of halogens is 2. The fraction of sp³-hybridized carbons (Fsp3) is 0.364. The SMILES string of the molecule is CCS(=O)(=O)C(C)(Br)C(=O)c1ccc(Cl)cc1. The number of ketones is 1. The molecular weight excluding hydrogens is 328 g/mol. The summed E-state index contributed by atoms with van der Waals surface area (Å²) in [7, 11) is -3.52. The van der Waals surface area contributed by atoms with Crippen molar-refractivity contribution in [3.8, 4) is 0 Å². The highest BCUT2D eigenvalue weighted by molar-refractivity contribution is 9.12. The van der Waals surface area contributed by atoms with Crippen LogP contribution in [0.4, 0.5) is 0 Å². The molecule has 0 bridgehead atoms. The second-order valence-electron chi connectivity index (χ2n) is 3.66. The first-order valence-electron chi connectivity index (χ1n) is 4.94. The van der Waals surface area contributed by atoms with Crippen LogP contribution in [-0.2, 0) is 9.84 Å². The average molecular weight is 340 g/mol. The molecule has 0 N–H and O–H groups in total. The molecule has 0 fully saturated rings. The maximum Gasteiger partial charge on any atom is 0.194 e. The lowest BCUT2D eigenvalue weighted by atomic mass is 10.1. The third-order valence-corrected chi connectivity index (χ3v) is 6.68. The van der Waals surface area contributed by atoms with Gasteiger partial charge in [-0.05, 0) is 31.2 Å². The standard InChI is InChI=1S/C11H12BrClO3S/c1-3-17(15,16)11(2,12)10(14)8-4-6-9(13)7-5-8/h4-7H,3H2,1-2H3. The number of carbonyl (C=O) groups excluding carboxylic acids is 1. The van der Waals surface area contributed by atoms with Gasteiger partial charge in [0.1, 0.15) is 0 Å². The fourth-order valence-electron chi connectivity index (χ4n) is 1.27. The topological polar surface area (TPSA) is 51.2 Å². The second kappa shape index (κ2) is 5.08. The van der Waals surface area contributed by atoms with E-state index in [4.69, 9.17) is 11.6 Å². The van der Waals surface area contributed by atoms with Gasteiger partial charge in [-0.3, -0.25) is 4.79 Å². The number of rotatable bonds is 4. The molecule has 0 radical (unpaired) electrons. The van der Waals surface area contributed by atoms with Gasteiger partial charge in [0.05, 0.1) is 0 Å². The third kappa shape index (κ3) is 2.89. The summed E-state index contributed by atoms with van der Waals surface area (Å²) >= 11 is 8.72. The van der Waals surface area contributed by atoms with Crippen LogP contribution in [0.2, 0.25) is 5.02 Å². The largest absolute Gasteiger partial charge is 0.291 e. The Labute approximate surface area is 114 Å². The molecule has 0 aliphatic rings. The van der Waals surface area contributed by atoms with E-state index in [0.29, 0.717) is 10.6 Å². The molecule has 17 heavy (non-hydrogen) atoms. The zero-order valence-electron chi connectivity index (χ0n) is 9.41. The van der Waals surface area contributed by atoms with Crippen molar-refractivity contribution in [2.24, 2.45) is 0 Å². The molecule has 0 spiro atoms.